The van der Waals surface area contributed by atoms with Crippen LogP contribution in [0.25, 0.3) is 0 Å². The first kappa shape index (κ1) is 12.1. The molecular formula is C13H21NO. The molecule has 1 aromatic rings. The number of phenols is 1. The molecule has 0 fully saturated rings. The van der Waals surface area contributed by atoms with E-state index in [4.69, 9.17) is 0 Å². The van der Waals surface area contributed by atoms with E-state index in [9.17, 15) is 5.11 Å². The van der Waals surface area contributed by atoms with E-state index in [0.29, 0.717) is 17.7 Å². The third-order valence-electron chi connectivity index (χ3n) is 2.84. The van der Waals surface area contributed by atoms with E-state index in [1.165, 1.54) is 6.42 Å². The van der Waals surface area contributed by atoms with Crippen molar-refractivity contribution in [3.63, 3.8) is 0 Å². The SMILES string of the molecule is CCC(C)CNC(C)c1cccc(O)c1. The average molecular weight is 207 g/mol. The van der Waals surface area contributed by atoms with E-state index in [1.807, 2.05) is 18.2 Å². The van der Waals surface area contributed by atoms with Gasteiger partial charge >= 0.3 is 0 Å². The quantitative estimate of drug-likeness (QED) is 0.777. The van der Waals surface area contributed by atoms with Crippen molar-refractivity contribution < 1.29 is 5.11 Å². The van der Waals surface area contributed by atoms with E-state index >= 15 is 0 Å². The minimum absolute atomic E-state index is 0.297. The molecule has 1 rings (SSSR count). The fourth-order valence-corrected chi connectivity index (χ4v) is 1.43. The number of benzene rings is 1. The molecule has 0 bridgehead atoms. The Bertz CT molecular complexity index is 298. The summed E-state index contributed by atoms with van der Waals surface area (Å²) in [7, 11) is 0. The maximum Gasteiger partial charge on any atom is 0.115 e. The maximum atomic E-state index is 9.36. The van der Waals surface area contributed by atoms with Crippen molar-refractivity contribution in [2.24, 2.45) is 5.92 Å². The van der Waals surface area contributed by atoms with Crippen LogP contribution in [0.15, 0.2) is 24.3 Å². The Morgan fingerprint density at radius 3 is 2.67 bits per heavy atom. The Balaban J connectivity index is 2.50. The Labute approximate surface area is 92.3 Å². The number of rotatable bonds is 5. The van der Waals surface area contributed by atoms with Crippen LogP contribution in [0.1, 0.15) is 38.8 Å². The van der Waals surface area contributed by atoms with Crippen LogP contribution in [0, 0.1) is 5.92 Å². The van der Waals surface area contributed by atoms with Crippen LogP contribution < -0.4 is 5.32 Å². The van der Waals surface area contributed by atoms with Gasteiger partial charge in [-0.3, -0.25) is 0 Å². The molecule has 0 saturated carbocycles. The molecular weight excluding hydrogens is 186 g/mol. The standard InChI is InChI=1S/C13H21NO/c1-4-10(2)9-14-11(3)12-6-5-7-13(15)8-12/h5-8,10-11,14-15H,4,9H2,1-3H3. The van der Waals surface area contributed by atoms with Crippen molar-refractivity contribution in [3.05, 3.63) is 29.8 Å². The highest BCUT2D eigenvalue weighted by atomic mass is 16.3. The zero-order valence-electron chi connectivity index (χ0n) is 9.83. The lowest BCUT2D eigenvalue weighted by atomic mass is 10.1. The van der Waals surface area contributed by atoms with Gasteiger partial charge in [0.05, 0.1) is 0 Å². The molecule has 2 unspecified atom stereocenters. The van der Waals surface area contributed by atoms with E-state index in [2.05, 4.69) is 26.1 Å². The van der Waals surface area contributed by atoms with Gasteiger partial charge in [0, 0.05) is 6.04 Å². The van der Waals surface area contributed by atoms with E-state index in [-0.39, 0.29) is 0 Å². The van der Waals surface area contributed by atoms with Crippen LogP contribution in [0.3, 0.4) is 0 Å². The van der Waals surface area contributed by atoms with Crippen molar-refractivity contribution in [1.29, 1.82) is 0 Å². The molecule has 2 atom stereocenters. The summed E-state index contributed by atoms with van der Waals surface area (Å²) >= 11 is 0. The molecule has 0 aliphatic heterocycles. The summed E-state index contributed by atoms with van der Waals surface area (Å²) in [6, 6.07) is 7.73. The minimum Gasteiger partial charge on any atom is -0.508 e. The maximum absolute atomic E-state index is 9.36. The predicted octanol–water partition coefficient (Wildman–Crippen LogP) is 3.09. The lowest BCUT2D eigenvalue weighted by Crippen LogP contribution is -2.24. The summed E-state index contributed by atoms with van der Waals surface area (Å²) in [6.07, 6.45) is 1.19. The molecule has 0 amide bonds. The molecule has 0 aliphatic rings. The highest BCUT2D eigenvalue weighted by Crippen LogP contribution is 2.17. The van der Waals surface area contributed by atoms with Crippen molar-refractivity contribution in [3.8, 4) is 5.75 Å². The van der Waals surface area contributed by atoms with Crippen LogP contribution >= 0.6 is 0 Å². The first-order valence-corrected chi connectivity index (χ1v) is 5.65. The summed E-state index contributed by atoms with van der Waals surface area (Å²) in [5.74, 6) is 1.04. The number of aromatic hydroxyl groups is 1. The van der Waals surface area contributed by atoms with Gasteiger partial charge in [-0.1, -0.05) is 32.4 Å². The predicted molar refractivity (Wildman–Crippen MR) is 64.0 cm³/mol. The van der Waals surface area contributed by atoms with Crippen molar-refractivity contribution in [2.45, 2.75) is 33.2 Å². The Hall–Kier alpha value is -1.02. The molecule has 0 heterocycles. The van der Waals surface area contributed by atoms with Crippen molar-refractivity contribution in [1.82, 2.24) is 5.32 Å². The molecule has 0 aromatic heterocycles. The van der Waals surface area contributed by atoms with Gasteiger partial charge in [0.25, 0.3) is 0 Å². The molecule has 2 nitrogen and oxygen atoms in total. The summed E-state index contributed by atoms with van der Waals surface area (Å²) in [6.45, 7) is 7.58. The van der Waals surface area contributed by atoms with Gasteiger partial charge in [-0.15, -0.1) is 0 Å². The highest BCUT2D eigenvalue weighted by molar-refractivity contribution is 5.28. The van der Waals surface area contributed by atoms with Gasteiger partial charge in [-0.05, 0) is 37.1 Å². The van der Waals surface area contributed by atoms with Gasteiger partial charge < -0.3 is 10.4 Å². The molecule has 84 valence electrons. The number of nitrogens with one attached hydrogen (secondary N) is 1. The molecule has 15 heavy (non-hydrogen) atoms. The smallest absolute Gasteiger partial charge is 0.115 e. The van der Waals surface area contributed by atoms with E-state index in [1.54, 1.807) is 6.07 Å². The first-order chi connectivity index (χ1) is 7.13. The number of hydrogen-bond donors (Lipinski definition) is 2. The van der Waals surface area contributed by atoms with Gasteiger partial charge in [-0.25, -0.2) is 0 Å². The lowest BCUT2D eigenvalue weighted by molar-refractivity contribution is 0.454. The zero-order valence-corrected chi connectivity index (χ0v) is 9.83. The Morgan fingerprint density at radius 2 is 2.07 bits per heavy atom. The molecule has 2 heteroatoms. The van der Waals surface area contributed by atoms with Crippen molar-refractivity contribution >= 4 is 0 Å². The second-order valence-electron chi connectivity index (χ2n) is 4.24. The summed E-state index contributed by atoms with van der Waals surface area (Å²) in [5.41, 5.74) is 1.14. The lowest BCUT2D eigenvalue weighted by Gasteiger charge is -2.17. The average Bonchev–Trinajstić information content (AvgIpc) is 2.25. The topological polar surface area (TPSA) is 32.3 Å². The molecule has 0 radical (unpaired) electrons. The van der Waals surface area contributed by atoms with Gasteiger partial charge in [-0.2, -0.15) is 0 Å². The van der Waals surface area contributed by atoms with Gasteiger partial charge in [0.15, 0.2) is 0 Å². The molecule has 0 spiro atoms. The Kier molecular flexibility index (Phi) is 4.63. The Morgan fingerprint density at radius 1 is 1.33 bits per heavy atom. The summed E-state index contributed by atoms with van der Waals surface area (Å²) in [4.78, 5) is 0. The van der Waals surface area contributed by atoms with Gasteiger partial charge in [0.2, 0.25) is 0 Å². The van der Waals surface area contributed by atoms with E-state index < -0.39 is 0 Å². The number of hydrogen-bond acceptors (Lipinski definition) is 2. The molecule has 1 aromatic carbocycles. The molecule has 2 N–H and O–H groups in total. The summed E-state index contributed by atoms with van der Waals surface area (Å²) in [5, 5.41) is 12.8. The van der Waals surface area contributed by atoms with E-state index in [0.717, 1.165) is 12.1 Å². The second-order valence-corrected chi connectivity index (χ2v) is 4.24. The fourth-order valence-electron chi connectivity index (χ4n) is 1.43. The minimum atomic E-state index is 0.297. The van der Waals surface area contributed by atoms with Crippen LogP contribution in [-0.2, 0) is 0 Å². The van der Waals surface area contributed by atoms with Crippen molar-refractivity contribution in [2.75, 3.05) is 6.54 Å². The highest BCUT2D eigenvalue weighted by Gasteiger charge is 2.06. The third-order valence-corrected chi connectivity index (χ3v) is 2.84. The van der Waals surface area contributed by atoms with Crippen LogP contribution in [-0.4, -0.2) is 11.7 Å². The fraction of sp³-hybridized carbons (Fsp3) is 0.538. The monoisotopic (exact) mass is 207 g/mol. The molecule has 0 saturated heterocycles. The first-order valence-electron chi connectivity index (χ1n) is 5.65. The zero-order chi connectivity index (χ0) is 11.3. The van der Waals surface area contributed by atoms with Gasteiger partial charge in [0.1, 0.15) is 5.75 Å². The van der Waals surface area contributed by atoms with Crippen LogP contribution in [0.4, 0.5) is 0 Å². The van der Waals surface area contributed by atoms with Crippen LogP contribution in [0.5, 0.6) is 5.75 Å². The normalized spacial score (nSPS) is 14.9. The summed E-state index contributed by atoms with van der Waals surface area (Å²) < 4.78 is 0. The third kappa shape index (κ3) is 3.92. The largest absolute Gasteiger partial charge is 0.508 e. The van der Waals surface area contributed by atoms with Crippen LogP contribution in [0.2, 0.25) is 0 Å². The second kappa shape index (κ2) is 5.76. The number of phenolic OH excluding ortho intramolecular Hbond substituents is 1. The molecule has 0 aliphatic carbocycles.